The SMILES string of the molecule is CCN(CC)S(=O)(=O)c1ccc(C)c(C(=O)NN2CCN(C)CC2)c1. The second-order valence-corrected chi connectivity index (χ2v) is 8.24. The van der Waals surface area contributed by atoms with E-state index >= 15 is 0 Å². The maximum Gasteiger partial charge on any atom is 0.265 e. The summed E-state index contributed by atoms with van der Waals surface area (Å²) >= 11 is 0. The number of nitrogens with zero attached hydrogens (tertiary/aromatic N) is 3. The Labute approximate surface area is 150 Å². The van der Waals surface area contributed by atoms with Crippen molar-refractivity contribution < 1.29 is 13.2 Å². The average molecular weight is 369 g/mol. The van der Waals surface area contributed by atoms with E-state index in [4.69, 9.17) is 0 Å². The van der Waals surface area contributed by atoms with E-state index in [9.17, 15) is 13.2 Å². The Kier molecular flexibility index (Phi) is 6.56. The summed E-state index contributed by atoms with van der Waals surface area (Å²) in [5.74, 6) is -0.265. The van der Waals surface area contributed by atoms with Gasteiger partial charge in [0.1, 0.15) is 0 Å². The van der Waals surface area contributed by atoms with Gasteiger partial charge < -0.3 is 4.90 Å². The number of carbonyl (C=O) groups is 1. The fourth-order valence-electron chi connectivity index (χ4n) is 2.84. The van der Waals surface area contributed by atoms with Crippen LogP contribution in [0.5, 0.6) is 0 Å². The van der Waals surface area contributed by atoms with Crippen molar-refractivity contribution in [3.63, 3.8) is 0 Å². The molecule has 1 aromatic rings. The molecule has 1 saturated heterocycles. The third kappa shape index (κ3) is 4.58. The molecule has 1 fully saturated rings. The molecule has 0 bridgehead atoms. The van der Waals surface area contributed by atoms with E-state index in [1.54, 1.807) is 26.0 Å². The minimum Gasteiger partial charge on any atom is -0.304 e. The molecule has 1 N–H and O–H groups in total. The first-order valence-corrected chi connectivity index (χ1v) is 10.1. The molecular weight excluding hydrogens is 340 g/mol. The zero-order valence-electron chi connectivity index (χ0n) is 15.4. The maximum atomic E-state index is 12.7. The Morgan fingerprint density at radius 2 is 1.76 bits per heavy atom. The summed E-state index contributed by atoms with van der Waals surface area (Å²) in [5, 5.41) is 1.88. The summed E-state index contributed by atoms with van der Waals surface area (Å²) in [7, 11) is -1.53. The van der Waals surface area contributed by atoms with Crippen molar-refractivity contribution >= 4 is 15.9 Å². The van der Waals surface area contributed by atoms with Crippen molar-refractivity contribution in [2.24, 2.45) is 0 Å². The molecule has 0 atom stereocenters. The van der Waals surface area contributed by atoms with E-state index in [0.717, 1.165) is 31.7 Å². The molecule has 1 heterocycles. The van der Waals surface area contributed by atoms with Gasteiger partial charge in [-0.1, -0.05) is 19.9 Å². The third-order valence-electron chi connectivity index (χ3n) is 4.56. The van der Waals surface area contributed by atoms with Gasteiger partial charge in [0.25, 0.3) is 5.91 Å². The van der Waals surface area contributed by atoms with Crippen molar-refractivity contribution in [1.29, 1.82) is 0 Å². The van der Waals surface area contributed by atoms with Gasteiger partial charge in [-0.05, 0) is 31.7 Å². The first-order chi connectivity index (χ1) is 11.8. The lowest BCUT2D eigenvalue weighted by molar-refractivity contribution is 0.0661. The lowest BCUT2D eigenvalue weighted by atomic mass is 10.1. The van der Waals surface area contributed by atoms with E-state index in [1.807, 2.05) is 19.0 Å². The summed E-state index contributed by atoms with van der Waals surface area (Å²) in [6.45, 7) is 9.48. The van der Waals surface area contributed by atoms with E-state index in [1.165, 1.54) is 10.4 Å². The second kappa shape index (κ2) is 8.27. The lowest BCUT2D eigenvalue weighted by Crippen LogP contribution is -2.52. The number of aryl methyl sites for hydroxylation is 1. The summed E-state index contributed by atoms with van der Waals surface area (Å²) in [5.41, 5.74) is 4.04. The first-order valence-electron chi connectivity index (χ1n) is 8.64. The topological polar surface area (TPSA) is 73.0 Å². The number of hydrazine groups is 1. The summed E-state index contributed by atoms with van der Waals surface area (Å²) in [4.78, 5) is 15.0. The molecular formula is C17H28N4O3S. The molecule has 7 nitrogen and oxygen atoms in total. The number of carbonyl (C=O) groups excluding carboxylic acids is 1. The molecule has 1 amide bonds. The predicted octanol–water partition coefficient (Wildman–Crippen LogP) is 0.918. The van der Waals surface area contributed by atoms with Crippen molar-refractivity contribution in [2.75, 3.05) is 46.3 Å². The van der Waals surface area contributed by atoms with Crippen LogP contribution in [0.1, 0.15) is 29.8 Å². The quantitative estimate of drug-likeness (QED) is 0.808. The molecule has 0 radical (unpaired) electrons. The van der Waals surface area contributed by atoms with E-state index in [2.05, 4.69) is 10.3 Å². The summed E-state index contributed by atoms with van der Waals surface area (Å²) in [6, 6.07) is 4.74. The van der Waals surface area contributed by atoms with Gasteiger partial charge in [0, 0.05) is 44.8 Å². The van der Waals surface area contributed by atoms with Gasteiger partial charge in [0.15, 0.2) is 0 Å². The first kappa shape index (κ1) is 19.8. The molecule has 1 aliphatic heterocycles. The lowest BCUT2D eigenvalue weighted by Gasteiger charge is -2.32. The molecule has 0 aliphatic carbocycles. The van der Waals surface area contributed by atoms with Crippen LogP contribution in [0.15, 0.2) is 23.1 Å². The van der Waals surface area contributed by atoms with Gasteiger partial charge in [-0.25, -0.2) is 13.4 Å². The minimum atomic E-state index is -3.58. The van der Waals surface area contributed by atoms with Crippen molar-refractivity contribution in [3.05, 3.63) is 29.3 Å². The van der Waals surface area contributed by atoms with Crippen LogP contribution in [0.25, 0.3) is 0 Å². The van der Waals surface area contributed by atoms with Crippen LogP contribution in [0.4, 0.5) is 0 Å². The highest BCUT2D eigenvalue weighted by Gasteiger charge is 2.24. The number of amides is 1. The maximum absolute atomic E-state index is 12.7. The van der Waals surface area contributed by atoms with Crippen LogP contribution in [0.3, 0.4) is 0 Å². The van der Waals surface area contributed by atoms with Gasteiger partial charge in [-0.15, -0.1) is 0 Å². The largest absolute Gasteiger partial charge is 0.304 e. The molecule has 1 aliphatic rings. The monoisotopic (exact) mass is 368 g/mol. The van der Waals surface area contributed by atoms with Crippen molar-refractivity contribution in [2.45, 2.75) is 25.7 Å². The highest BCUT2D eigenvalue weighted by molar-refractivity contribution is 7.89. The van der Waals surface area contributed by atoms with Gasteiger partial charge in [0.2, 0.25) is 10.0 Å². The number of piperazine rings is 1. The van der Waals surface area contributed by atoms with E-state index in [-0.39, 0.29) is 10.8 Å². The van der Waals surface area contributed by atoms with Crippen LogP contribution in [-0.2, 0) is 10.0 Å². The minimum absolute atomic E-state index is 0.158. The standard InChI is InChI=1S/C17H28N4O3S/c1-5-21(6-2)25(23,24)15-8-7-14(3)16(13-15)17(22)18-20-11-9-19(4)10-12-20/h7-8,13H,5-6,9-12H2,1-4H3,(H,18,22). The van der Waals surface area contributed by atoms with Gasteiger partial charge in [0.05, 0.1) is 4.90 Å². The fourth-order valence-corrected chi connectivity index (χ4v) is 4.33. The highest BCUT2D eigenvalue weighted by Crippen LogP contribution is 2.19. The molecule has 0 aromatic heterocycles. The molecule has 0 saturated carbocycles. The Balaban J connectivity index is 2.22. The number of nitrogens with one attached hydrogen (secondary N) is 1. The van der Waals surface area contributed by atoms with Crippen LogP contribution in [-0.4, -0.2) is 74.9 Å². The van der Waals surface area contributed by atoms with Gasteiger partial charge >= 0.3 is 0 Å². The van der Waals surface area contributed by atoms with Gasteiger partial charge in [-0.2, -0.15) is 4.31 Å². The number of sulfonamides is 1. The molecule has 0 unspecified atom stereocenters. The molecule has 2 rings (SSSR count). The molecule has 140 valence electrons. The van der Waals surface area contributed by atoms with Gasteiger partial charge in [-0.3, -0.25) is 10.2 Å². The second-order valence-electron chi connectivity index (χ2n) is 6.30. The van der Waals surface area contributed by atoms with Crippen LogP contribution < -0.4 is 5.43 Å². The number of rotatable bonds is 6. The summed E-state index contributed by atoms with van der Waals surface area (Å²) in [6.07, 6.45) is 0. The number of hydrogen-bond donors (Lipinski definition) is 1. The molecule has 8 heteroatoms. The third-order valence-corrected chi connectivity index (χ3v) is 6.61. The van der Waals surface area contributed by atoms with E-state index in [0.29, 0.717) is 18.7 Å². The Bertz CT molecular complexity index is 709. The zero-order chi connectivity index (χ0) is 18.6. The normalized spacial score (nSPS) is 17.0. The predicted molar refractivity (Wildman–Crippen MR) is 97.8 cm³/mol. The van der Waals surface area contributed by atoms with Crippen LogP contribution >= 0.6 is 0 Å². The molecule has 1 aromatic carbocycles. The zero-order valence-corrected chi connectivity index (χ0v) is 16.3. The Morgan fingerprint density at radius 1 is 1.16 bits per heavy atom. The fraction of sp³-hybridized carbons (Fsp3) is 0.588. The summed E-state index contributed by atoms with van der Waals surface area (Å²) < 4.78 is 26.8. The van der Waals surface area contributed by atoms with Crippen molar-refractivity contribution in [1.82, 2.24) is 19.6 Å². The Hall–Kier alpha value is -1.48. The number of benzene rings is 1. The average Bonchev–Trinajstić information content (AvgIpc) is 2.58. The number of likely N-dealkylation sites (N-methyl/N-ethyl adjacent to an activating group) is 1. The molecule has 0 spiro atoms. The van der Waals surface area contributed by atoms with Crippen LogP contribution in [0, 0.1) is 6.92 Å². The Morgan fingerprint density at radius 3 is 2.32 bits per heavy atom. The van der Waals surface area contributed by atoms with Crippen LogP contribution in [0.2, 0.25) is 0 Å². The smallest absolute Gasteiger partial charge is 0.265 e. The van der Waals surface area contributed by atoms with Crippen molar-refractivity contribution in [3.8, 4) is 0 Å². The molecule has 25 heavy (non-hydrogen) atoms. The number of hydrogen-bond acceptors (Lipinski definition) is 5. The van der Waals surface area contributed by atoms with E-state index < -0.39 is 10.0 Å². The highest BCUT2D eigenvalue weighted by atomic mass is 32.2.